The van der Waals surface area contributed by atoms with E-state index in [9.17, 15) is 9.59 Å². The van der Waals surface area contributed by atoms with Gasteiger partial charge in [-0.2, -0.15) is 0 Å². The molecule has 0 atom stereocenters. The number of nitrogens with one attached hydrogen (secondary N) is 4. The molecule has 0 aromatic heterocycles. The molecule has 0 bridgehead atoms. The second-order valence-electron chi connectivity index (χ2n) is 7.15. The average molecular weight is 424 g/mol. The van der Waals surface area contributed by atoms with Crippen molar-refractivity contribution in [2.75, 3.05) is 25.5 Å². The Morgan fingerprint density at radius 3 is 2.42 bits per heavy atom. The third-order valence-corrected chi connectivity index (χ3v) is 4.60. The highest BCUT2D eigenvalue weighted by atomic mass is 16.2. The molecule has 2 aromatic carbocycles. The molecule has 0 aliphatic carbocycles. The molecule has 0 fully saturated rings. The Labute approximate surface area is 184 Å². The summed E-state index contributed by atoms with van der Waals surface area (Å²) in [5, 5.41) is 12.1. The van der Waals surface area contributed by atoms with Gasteiger partial charge in [-0.3, -0.25) is 9.59 Å². The van der Waals surface area contributed by atoms with E-state index >= 15 is 0 Å². The predicted molar refractivity (Wildman–Crippen MR) is 126 cm³/mol. The van der Waals surface area contributed by atoms with E-state index in [-0.39, 0.29) is 11.8 Å². The Hall–Kier alpha value is -3.35. The van der Waals surface area contributed by atoms with Gasteiger partial charge in [0.25, 0.3) is 5.91 Å². The molecule has 0 aliphatic rings. The Balaban J connectivity index is 1.89. The molecule has 4 N–H and O–H groups in total. The van der Waals surface area contributed by atoms with Crippen LogP contribution in [0.2, 0.25) is 0 Å². The summed E-state index contributed by atoms with van der Waals surface area (Å²) in [6.45, 7) is 6.01. The van der Waals surface area contributed by atoms with Crippen LogP contribution in [0.3, 0.4) is 0 Å². The number of benzene rings is 2. The zero-order valence-electron chi connectivity index (χ0n) is 18.6. The van der Waals surface area contributed by atoms with E-state index in [1.807, 2.05) is 62.4 Å². The number of carbonyl (C=O) groups excluding carboxylic acids is 2. The van der Waals surface area contributed by atoms with Crippen molar-refractivity contribution in [3.63, 3.8) is 0 Å². The Morgan fingerprint density at radius 2 is 1.74 bits per heavy atom. The monoisotopic (exact) mass is 423 g/mol. The summed E-state index contributed by atoms with van der Waals surface area (Å²) in [6, 6.07) is 15.4. The van der Waals surface area contributed by atoms with Crippen LogP contribution in [0, 0.1) is 0 Å². The molecule has 0 heterocycles. The van der Waals surface area contributed by atoms with E-state index in [4.69, 9.17) is 0 Å². The van der Waals surface area contributed by atoms with Crippen molar-refractivity contribution < 1.29 is 9.59 Å². The van der Waals surface area contributed by atoms with Gasteiger partial charge in [0.2, 0.25) is 5.91 Å². The number of nitrogens with zero attached hydrogens (tertiary/aromatic N) is 1. The summed E-state index contributed by atoms with van der Waals surface area (Å²) in [7, 11) is 1.63. The minimum atomic E-state index is -0.0827. The molecule has 166 valence electrons. The molecule has 0 aliphatic heterocycles. The second-order valence-corrected chi connectivity index (χ2v) is 7.15. The maximum absolute atomic E-state index is 11.8. The van der Waals surface area contributed by atoms with Crippen LogP contribution in [0.15, 0.2) is 53.5 Å². The molecule has 0 saturated heterocycles. The van der Waals surface area contributed by atoms with Crippen molar-refractivity contribution in [3.05, 3.63) is 65.2 Å². The molecule has 7 nitrogen and oxygen atoms in total. The van der Waals surface area contributed by atoms with Crippen LogP contribution < -0.4 is 21.3 Å². The zero-order valence-corrected chi connectivity index (χ0v) is 18.6. The summed E-state index contributed by atoms with van der Waals surface area (Å²) < 4.78 is 0. The van der Waals surface area contributed by atoms with E-state index < -0.39 is 0 Å². The molecule has 31 heavy (non-hydrogen) atoms. The molecule has 2 amide bonds. The van der Waals surface area contributed by atoms with Gasteiger partial charge >= 0.3 is 0 Å². The lowest BCUT2D eigenvalue weighted by atomic mass is 10.1. The lowest BCUT2D eigenvalue weighted by molar-refractivity contribution is -0.116. The number of rotatable bonds is 10. The second kappa shape index (κ2) is 13.1. The van der Waals surface area contributed by atoms with Gasteiger partial charge in [-0.25, -0.2) is 4.99 Å². The van der Waals surface area contributed by atoms with Gasteiger partial charge in [0.05, 0.1) is 6.54 Å². The van der Waals surface area contributed by atoms with E-state index in [1.165, 1.54) is 0 Å². The van der Waals surface area contributed by atoms with Crippen LogP contribution in [-0.4, -0.2) is 37.9 Å². The van der Waals surface area contributed by atoms with Crippen LogP contribution in [-0.2, 0) is 17.8 Å². The fraction of sp³-hybridized carbons (Fsp3) is 0.375. The molecule has 0 spiro atoms. The Morgan fingerprint density at radius 1 is 0.968 bits per heavy atom. The van der Waals surface area contributed by atoms with Gasteiger partial charge in [-0.15, -0.1) is 0 Å². The lowest BCUT2D eigenvalue weighted by Crippen LogP contribution is -2.38. The fourth-order valence-corrected chi connectivity index (χ4v) is 2.99. The van der Waals surface area contributed by atoms with Crippen molar-refractivity contribution in [3.8, 4) is 0 Å². The number of carbonyl (C=O) groups is 2. The fourth-order valence-electron chi connectivity index (χ4n) is 2.99. The standard InChI is InChI=1S/C24H33N5O2/c1-4-7-22(30)29-21-12-10-19(11-13-21)17-28-24(26-5-2)27-15-14-18-8-6-9-20(16-18)23(31)25-3/h6,8-13,16H,4-5,7,14-15,17H2,1-3H3,(H,25,31)(H,29,30)(H2,26,27,28). The van der Waals surface area contributed by atoms with Crippen LogP contribution in [0.5, 0.6) is 0 Å². The maximum Gasteiger partial charge on any atom is 0.251 e. The van der Waals surface area contributed by atoms with Crippen molar-refractivity contribution in [2.24, 2.45) is 4.99 Å². The first-order valence-corrected chi connectivity index (χ1v) is 10.8. The minimum Gasteiger partial charge on any atom is -0.357 e. The minimum absolute atomic E-state index is 0.0350. The van der Waals surface area contributed by atoms with Gasteiger partial charge in [0, 0.05) is 37.8 Å². The van der Waals surface area contributed by atoms with E-state index in [1.54, 1.807) is 7.05 Å². The van der Waals surface area contributed by atoms with Crippen LogP contribution >= 0.6 is 0 Å². The third-order valence-electron chi connectivity index (χ3n) is 4.60. The van der Waals surface area contributed by atoms with Crippen molar-refractivity contribution in [1.29, 1.82) is 0 Å². The molecule has 0 saturated carbocycles. The summed E-state index contributed by atoms with van der Waals surface area (Å²) in [6.07, 6.45) is 2.14. The Bertz CT molecular complexity index is 878. The summed E-state index contributed by atoms with van der Waals surface area (Å²) in [5.74, 6) is 0.693. The predicted octanol–water partition coefficient (Wildman–Crippen LogP) is 3.08. The first kappa shape index (κ1) is 23.9. The first-order chi connectivity index (χ1) is 15.0. The summed E-state index contributed by atoms with van der Waals surface area (Å²) in [4.78, 5) is 28.1. The van der Waals surface area contributed by atoms with E-state index in [0.717, 1.165) is 42.2 Å². The van der Waals surface area contributed by atoms with Gasteiger partial charge in [-0.1, -0.05) is 31.2 Å². The molecule has 0 radical (unpaired) electrons. The molecule has 2 aromatic rings. The molecule has 2 rings (SSSR count). The van der Waals surface area contributed by atoms with Crippen LogP contribution in [0.25, 0.3) is 0 Å². The maximum atomic E-state index is 11.8. The highest BCUT2D eigenvalue weighted by Gasteiger charge is 2.05. The number of hydrogen-bond donors (Lipinski definition) is 4. The lowest BCUT2D eigenvalue weighted by Gasteiger charge is -2.12. The number of guanidine groups is 1. The highest BCUT2D eigenvalue weighted by Crippen LogP contribution is 2.11. The summed E-state index contributed by atoms with van der Waals surface area (Å²) >= 11 is 0. The SMILES string of the molecule is CCCC(=O)Nc1ccc(CN=C(NCC)NCCc2cccc(C(=O)NC)c2)cc1. The summed E-state index contributed by atoms with van der Waals surface area (Å²) in [5.41, 5.74) is 3.61. The molecular formula is C24H33N5O2. The molecule has 0 unspecified atom stereocenters. The van der Waals surface area contributed by atoms with Crippen LogP contribution in [0.1, 0.15) is 48.2 Å². The van der Waals surface area contributed by atoms with Gasteiger partial charge in [-0.05, 0) is 55.2 Å². The third kappa shape index (κ3) is 8.50. The van der Waals surface area contributed by atoms with Crippen LogP contribution in [0.4, 0.5) is 5.69 Å². The number of aliphatic imine (C=N–C) groups is 1. The van der Waals surface area contributed by atoms with Crippen molar-refractivity contribution >= 4 is 23.5 Å². The largest absolute Gasteiger partial charge is 0.357 e. The number of amides is 2. The van der Waals surface area contributed by atoms with E-state index in [0.29, 0.717) is 25.1 Å². The number of anilines is 1. The van der Waals surface area contributed by atoms with Gasteiger partial charge < -0.3 is 21.3 Å². The van der Waals surface area contributed by atoms with Crippen molar-refractivity contribution in [1.82, 2.24) is 16.0 Å². The Kier molecular flexibility index (Phi) is 10.1. The van der Waals surface area contributed by atoms with E-state index in [2.05, 4.69) is 26.3 Å². The smallest absolute Gasteiger partial charge is 0.251 e. The number of hydrogen-bond acceptors (Lipinski definition) is 3. The normalized spacial score (nSPS) is 11.0. The van der Waals surface area contributed by atoms with Crippen molar-refractivity contribution in [2.45, 2.75) is 39.7 Å². The topological polar surface area (TPSA) is 94.6 Å². The first-order valence-electron chi connectivity index (χ1n) is 10.8. The average Bonchev–Trinajstić information content (AvgIpc) is 2.78. The highest BCUT2D eigenvalue weighted by molar-refractivity contribution is 5.94. The van der Waals surface area contributed by atoms with Gasteiger partial charge in [0.1, 0.15) is 0 Å². The van der Waals surface area contributed by atoms with Gasteiger partial charge in [0.15, 0.2) is 5.96 Å². The quantitative estimate of drug-likeness (QED) is 0.349. The molecular weight excluding hydrogens is 390 g/mol. The molecule has 7 heteroatoms. The zero-order chi connectivity index (χ0) is 22.5.